The van der Waals surface area contributed by atoms with Crippen LogP contribution < -0.4 is 5.32 Å². The second-order valence-electron chi connectivity index (χ2n) is 7.75. The number of benzene rings is 1. The summed E-state index contributed by atoms with van der Waals surface area (Å²) in [6, 6.07) is 9.52. The van der Waals surface area contributed by atoms with Crippen LogP contribution in [0, 0.1) is 0 Å². The Morgan fingerprint density at radius 1 is 1.24 bits per heavy atom. The van der Waals surface area contributed by atoms with Crippen LogP contribution >= 0.6 is 0 Å². The minimum atomic E-state index is -0.535. The molecule has 2 rings (SSSR count). The lowest BCUT2D eigenvalue weighted by Crippen LogP contribution is -2.58. The highest BCUT2D eigenvalue weighted by Crippen LogP contribution is 2.23. The lowest BCUT2D eigenvalue weighted by molar-refractivity contribution is 0.0117. The van der Waals surface area contributed by atoms with E-state index in [0.717, 1.165) is 18.4 Å². The monoisotopic (exact) mass is 348 g/mol. The van der Waals surface area contributed by atoms with Gasteiger partial charge in [0.25, 0.3) is 0 Å². The summed E-state index contributed by atoms with van der Waals surface area (Å²) in [5, 5.41) is 2.90. The van der Waals surface area contributed by atoms with Gasteiger partial charge in [0, 0.05) is 13.1 Å². The smallest absolute Gasteiger partial charge is 0.410 e. The molecule has 0 spiro atoms. The van der Waals surface area contributed by atoms with Crippen molar-refractivity contribution >= 4 is 12.2 Å². The van der Waals surface area contributed by atoms with E-state index in [-0.39, 0.29) is 12.7 Å². The van der Waals surface area contributed by atoms with E-state index in [1.165, 1.54) is 0 Å². The number of carbonyl (C=O) groups is 2. The number of amides is 2. The van der Waals surface area contributed by atoms with Gasteiger partial charge in [-0.15, -0.1) is 0 Å². The van der Waals surface area contributed by atoms with E-state index in [4.69, 9.17) is 9.47 Å². The van der Waals surface area contributed by atoms with Gasteiger partial charge in [-0.1, -0.05) is 30.3 Å². The van der Waals surface area contributed by atoms with Crippen LogP contribution in [-0.2, 0) is 16.1 Å². The molecule has 6 nitrogen and oxygen atoms in total. The van der Waals surface area contributed by atoms with Crippen molar-refractivity contribution in [3.05, 3.63) is 35.9 Å². The number of hydrogen-bond acceptors (Lipinski definition) is 4. The molecule has 2 amide bonds. The summed E-state index contributed by atoms with van der Waals surface area (Å²) in [6.07, 6.45) is 0.761. The molecule has 0 bridgehead atoms. The molecule has 1 heterocycles. The van der Waals surface area contributed by atoms with Crippen LogP contribution in [0.3, 0.4) is 0 Å². The second kappa shape index (κ2) is 7.76. The van der Waals surface area contributed by atoms with Crippen molar-refractivity contribution in [2.75, 3.05) is 13.1 Å². The molecule has 0 aromatic heterocycles. The molecule has 1 aliphatic heterocycles. The fraction of sp³-hybridized carbons (Fsp3) is 0.579. The zero-order valence-corrected chi connectivity index (χ0v) is 15.5. The first-order valence-corrected chi connectivity index (χ1v) is 8.64. The Kier molecular flexibility index (Phi) is 5.93. The van der Waals surface area contributed by atoms with Gasteiger partial charge in [0.1, 0.15) is 12.2 Å². The number of nitrogens with zero attached hydrogens (tertiary/aromatic N) is 1. The maximum Gasteiger partial charge on any atom is 0.410 e. The van der Waals surface area contributed by atoms with E-state index in [2.05, 4.69) is 5.32 Å². The molecule has 1 aromatic rings. The predicted octanol–water partition coefficient (Wildman–Crippen LogP) is 3.70. The first-order valence-electron chi connectivity index (χ1n) is 8.64. The van der Waals surface area contributed by atoms with Gasteiger partial charge in [0.2, 0.25) is 0 Å². The molecule has 0 unspecified atom stereocenters. The average molecular weight is 348 g/mol. The van der Waals surface area contributed by atoms with E-state index in [1.807, 2.05) is 58.0 Å². The minimum Gasteiger partial charge on any atom is -0.445 e. The molecule has 1 atom stereocenters. The van der Waals surface area contributed by atoms with Crippen LogP contribution in [0.1, 0.15) is 46.1 Å². The molecule has 1 aliphatic rings. The average Bonchev–Trinajstić information content (AvgIpc) is 2.52. The first kappa shape index (κ1) is 19.1. The van der Waals surface area contributed by atoms with Crippen LogP contribution in [-0.4, -0.2) is 41.3 Å². The highest BCUT2D eigenvalue weighted by molar-refractivity contribution is 5.70. The third kappa shape index (κ3) is 6.29. The molecule has 0 aliphatic carbocycles. The first-order chi connectivity index (χ1) is 11.7. The summed E-state index contributed by atoms with van der Waals surface area (Å²) in [4.78, 5) is 26.0. The number of carbonyl (C=O) groups excluding carboxylic acids is 2. The molecular formula is C19H28N2O4. The molecule has 1 aromatic carbocycles. The molecule has 1 saturated heterocycles. The maximum atomic E-state index is 12.3. The predicted molar refractivity (Wildman–Crippen MR) is 95.2 cm³/mol. The Bertz CT molecular complexity index is 597. The number of piperidine rings is 1. The Labute approximate surface area is 149 Å². The highest BCUT2D eigenvalue weighted by atomic mass is 16.6. The summed E-state index contributed by atoms with van der Waals surface area (Å²) < 4.78 is 10.7. The third-order valence-electron chi connectivity index (χ3n) is 3.96. The summed E-state index contributed by atoms with van der Waals surface area (Å²) >= 11 is 0. The largest absolute Gasteiger partial charge is 0.445 e. The normalized spacial score (nSPS) is 20.7. The zero-order chi connectivity index (χ0) is 18.5. The Balaban J connectivity index is 1.87. The summed E-state index contributed by atoms with van der Waals surface area (Å²) in [5.74, 6) is 0. The van der Waals surface area contributed by atoms with Gasteiger partial charge < -0.3 is 19.7 Å². The molecule has 6 heteroatoms. The van der Waals surface area contributed by atoms with Crippen molar-refractivity contribution < 1.29 is 19.1 Å². The number of nitrogens with one attached hydrogen (secondary N) is 1. The van der Waals surface area contributed by atoms with E-state index in [9.17, 15) is 9.59 Å². The summed E-state index contributed by atoms with van der Waals surface area (Å²) in [5.41, 5.74) is -0.127. The molecule has 25 heavy (non-hydrogen) atoms. The maximum absolute atomic E-state index is 12.3. The molecule has 0 saturated carbocycles. The Hall–Kier alpha value is -2.24. The molecular weight excluding hydrogens is 320 g/mol. The SMILES string of the molecule is CC(C)(C)OC(=O)N1CCC[C@@](C)(NC(=O)OCc2ccccc2)C1. The molecule has 1 N–H and O–H groups in total. The van der Waals surface area contributed by atoms with E-state index in [0.29, 0.717) is 13.1 Å². The number of alkyl carbamates (subject to hydrolysis) is 1. The lowest BCUT2D eigenvalue weighted by Gasteiger charge is -2.40. The van der Waals surface area contributed by atoms with Gasteiger partial charge in [-0.2, -0.15) is 0 Å². The molecule has 0 radical (unpaired) electrons. The van der Waals surface area contributed by atoms with Crippen LogP contribution in [0.5, 0.6) is 0 Å². The number of hydrogen-bond donors (Lipinski definition) is 1. The summed E-state index contributed by atoms with van der Waals surface area (Å²) in [7, 11) is 0. The Morgan fingerprint density at radius 3 is 2.56 bits per heavy atom. The zero-order valence-electron chi connectivity index (χ0n) is 15.5. The van der Waals surface area contributed by atoms with Crippen LogP contribution in [0.15, 0.2) is 30.3 Å². The fourth-order valence-corrected chi connectivity index (χ4v) is 2.83. The van der Waals surface area contributed by atoms with E-state index >= 15 is 0 Å². The van der Waals surface area contributed by atoms with Crippen molar-refractivity contribution in [3.63, 3.8) is 0 Å². The van der Waals surface area contributed by atoms with Gasteiger partial charge in [-0.25, -0.2) is 9.59 Å². The molecule has 1 fully saturated rings. The van der Waals surface area contributed by atoms with Crippen LogP contribution in [0.25, 0.3) is 0 Å². The van der Waals surface area contributed by atoms with Crippen molar-refractivity contribution in [2.24, 2.45) is 0 Å². The lowest BCUT2D eigenvalue weighted by atomic mass is 9.91. The third-order valence-corrected chi connectivity index (χ3v) is 3.96. The standard InChI is InChI=1S/C19H28N2O4/c1-18(2,3)25-17(23)21-12-8-11-19(4,14-21)20-16(22)24-13-15-9-6-5-7-10-15/h5-7,9-10H,8,11-14H2,1-4H3,(H,20,22)/t19-/m1/s1. The molecule has 138 valence electrons. The second-order valence-corrected chi connectivity index (χ2v) is 7.75. The number of likely N-dealkylation sites (tertiary alicyclic amines) is 1. The van der Waals surface area contributed by atoms with Gasteiger partial charge in [-0.05, 0) is 46.1 Å². The van der Waals surface area contributed by atoms with Crippen molar-refractivity contribution in [2.45, 2.75) is 58.3 Å². The van der Waals surface area contributed by atoms with Crippen molar-refractivity contribution in [1.82, 2.24) is 10.2 Å². The highest BCUT2D eigenvalue weighted by Gasteiger charge is 2.36. The fourth-order valence-electron chi connectivity index (χ4n) is 2.83. The summed E-state index contributed by atoms with van der Waals surface area (Å²) in [6.45, 7) is 8.70. The van der Waals surface area contributed by atoms with E-state index < -0.39 is 17.2 Å². The Morgan fingerprint density at radius 2 is 1.92 bits per heavy atom. The van der Waals surface area contributed by atoms with E-state index in [1.54, 1.807) is 4.90 Å². The minimum absolute atomic E-state index is 0.221. The van der Waals surface area contributed by atoms with Crippen LogP contribution in [0.4, 0.5) is 9.59 Å². The number of ether oxygens (including phenoxy) is 2. The van der Waals surface area contributed by atoms with Crippen molar-refractivity contribution in [1.29, 1.82) is 0 Å². The number of rotatable bonds is 3. The van der Waals surface area contributed by atoms with Gasteiger partial charge >= 0.3 is 12.2 Å². The quantitative estimate of drug-likeness (QED) is 0.904. The van der Waals surface area contributed by atoms with Gasteiger partial charge in [0.05, 0.1) is 5.54 Å². The van der Waals surface area contributed by atoms with Gasteiger partial charge in [-0.3, -0.25) is 0 Å². The van der Waals surface area contributed by atoms with Crippen molar-refractivity contribution in [3.8, 4) is 0 Å². The van der Waals surface area contributed by atoms with Gasteiger partial charge in [0.15, 0.2) is 0 Å². The van der Waals surface area contributed by atoms with Crippen LogP contribution in [0.2, 0.25) is 0 Å². The topological polar surface area (TPSA) is 67.9 Å².